The van der Waals surface area contributed by atoms with Crippen LogP contribution in [0.2, 0.25) is 0 Å². The maximum Gasteiger partial charge on any atom is 0.227 e. The van der Waals surface area contributed by atoms with Gasteiger partial charge in [0.1, 0.15) is 5.52 Å². The Labute approximate surface area is 324 Å². The molecule has 11 rings (SSSR count). The molecule has 0 saturated heterocycles. The molecule has 1 heterocycles. The molecule has 0 spiro atoms. The molecule has 11 aromatic rings. The monoisotopic (exact) mass is 714 g/mol. The Morgan fingerprint density at radius 1 is 0.357 bits per heavy atom. The smallest absolute Gasteiger partial charge is 0.227 e. The van der Waals surface area contributed by atoms with Gasteiger partial charge in [-0.15, -0.1) is 0 Å². The highest BCUT2D eigenvalue weighted by Crippen LogP contribution is 2.44. The van der Waals surface area contributed by atoms with Crippen LogP contribution in [0.25, 0.3) is 87.9 Å². The minimum absolute atomic E-state index is 0.621. The van der Waals surface area contributed by atoms with E-state index >= 15 is 0 Å². The molecular weight excluding hydrogens is 681 g/mol. The van der Waals surface area contributed by atoms with E-state index in [1.807, 2.05) is 30.3 Å². The molecule has 1 aromatic heterocycles. The molecule has 262 valence electrons. The van der Waals surface area contributed by atoms with Gasteiger partial charge in [-0.1, -0.05) is 140 Å². The zero-order chi connectivity index (χ0) is 37.0. The fraction of sp³-hybridized carbons (Fsp3) is 0. The van der Waals surface area contributed by atoms with Crippen molar-refractivity contribution in [2.45, 2.75) is 0 Å². The summed E-state index contributed by atoms with van der Waals surface area (Å²) in [6.07, 6.45) is 0. The van der Waals surface area contributed by atoms with Crippen LogP contribution in [0, 0.1) is 0 Å². The van der Waals surface area contributed by atoms with E-state index in [-0.39, 0.29) is 0 Å². The van der Waals surface area contributed by atoms with Gasteiger partial charge in [-0.25, -0.2) is 4.98 Å². The number of oxazole rings is 1. The second-order valence-electron chi connectivity index (χ2n) is 14.4. The van der Waals surface area contributed by atoms with E-state index < -0.39 is 0 Å². The van der Waals surface area contributed by atoms with Crippen molar-refractivity contribution in [3.8, 4) is 33.7 Å². The highest BCUT2D eigenvalue weighted by Gasteiger charge is 2.20. The Morgan fingerprint density at radius 2 is 0.929 bits per heavy atom. The molecule has 3 heteroatoms. The number of hydrogen-bond acceptors (Lipinski definition) is 3. The highest BCUT2D eigenvalue weighted by atomic mass is 16.3. The van der Waals surface area contributed by atoms with Crippen molar-refractivity contribution in [3.05, 3.63) is 206 Å². The standard InChI is InChI=1S/C53H34N2O/c1-5-13-35(14-6-1)38-23-27-45-39(31-38)21-22-40-32-43(25-28-46(40)45)55(42-19-11-4-12-20-42)44-26-29-47-48(36-15-7-2-8-16-36)33-41-24-30-50-52(51(41)49(47)34-44)56-53(54-50)37-17-9-3-10-18-37/h1-34H. The predicted octanol–water partition coefficient (Wildman–Crippen LogP) is 14.9. The number of rotatable bonds is 6. The van der Waals surface area contributed by atoms with E-state index in [0.29, 0.717) is 5.89 Å². The number of nitrogens with zero attached hydrogens (tertiary/aromatic N) is 2. The number of fused-ring (bicyclic) bond motifs is 8. The number of hydrogen-bond donors (Lipinski definition) is 0. The lowest BCUT2D eigenvalue weighted by Gasteiger charge is -2.26. The molecule has 10 aromatic carbocycles. The van der Waals surface area contributed by atoms with E-state index in [0.717, 1.165) is 55.3 Å². The first-order valence-corrected chi connectivity index (χ1v) is 19.0. The van der Waals surface area contributed by atoms with Gasteiger partial charge in [-0.3, -0.25) is 0 Å². The predicted molar refractivity (Wildman–Crippen MR) is 235 cm³/mol. The van der Waals surface area contributed by atoms with Crippen LogP contribution in [-0.4, -0.2) is 4.98 Å². The molecule has 0 N–H and O–H groups in total. The molecule has 0 bridgehead atoms. The number of aromatic nitrogens is 1. The van der Waals surface area contributed by atoms with Gasteiger partial charge in [0.05, 0.1) is 0 Å². The molecule has 0 fully saturated rings. The second kappa shape index (κ2) is 13.1. The first-order valence-electron chi connectivity index (χ1n) is 19.0. The van der Waals surface area contributed by atoms with Crippen molar-refractivity contribution in [3.63, 3.8) is 0 Å². The molecule has 0 amide bonds. The maximum absolute atomic E-state index is 6.68. The zero-order valence-corrected chi connectivity index (χ0v) is 30.4. The Bertz CT molecular complexity index is 3230. The summed E-state index contributed by atoms with van der Waals surface area (Å²) in [4.78, 5) is 7.33. The van der Waals surface area contributed by atoms with E-state index in [4.69, 9.17) is 9.40 Å². The Balaban J connectivity index is 1.12. The summed E-state index contributed by atoms with van der Waals surface area (Å²) in [5.41, 5.74) is 10.6. The Morgan fingerprint density at radius 3 is 1.64 bits per heavy atom. The van der Waals surface area contributed by atoms with Gasteiger partial charge < -0.3 is 9.32 Å². The Kier molecular flexibility index (Phi) is 7.49. The van der Waals surface area contributed by atoms with Crippen molar-refractivity contribution < 1.29 is 4.42 Å². The molecule has 0 aliphatic rings. The van der Waals surface area contributed by atoms with Crippen LogP contribution in [0.4, 0.5) is 17.1 Å². The first kappa shape index (κ1) is 32.0. The maximum atomic E-state index is 6.68. The molecule has 0 aliphatic heterocycles. The number of benzene rings is 10. The third kappa shape index (κ3) is 5.40. The number of para-hydroxylation sites is 1. The largest absolute Gasteiger partial charge is 0.435 e. The van der Waals surface area contributed by atoms with E-state index in [2.05, 4.69) is 181 Å². The molecule has 56 heavy (non-hydrogen) atoms. The molecule has 0 aliphatic carbocycles. The minimum atomic E-state index is 0.621. The summed E-state index contributed by atoms with van der Waals surface area (Å²) in [5, 5.41) is 9.34. The van der Waals surface area contributed by atoms with Crippen LogP contribution < -0.4 is 4.90 Å². The topological polar surface area (TPSA) is 29.3 Å². The van der Waals surface area contributed by atoms with Gasteiger partial charge in [0.2, 0.25) is 5.89 Å². The highest BCUT2D eigenvalue weighted by molar-refractivity contribution is 6.22. The Hall–Kier alpha value is -7.49. The molecule has 0 radical (unpaired) electrons. The van der Waals surface area contributed by atoms with Crippen LogP contribution in [0.5, 0.6) is 0 Å². The van der Waals surface area contributed by atoms with Gasteiger partial charge in [-0.05, 0) is 127 Å². The molecule has 3 nitrogen and oxygen atoms in total. The average Bonchev–Trinajstić information content (AvgIpc) is 3.72. The fourth-order valence-corrected chi connectivity index (χ4v) is 8.34. The average molecular weight is 715 g/mol. The summed E-state index contributed by atoms with van der Waals surface area (Å²) < 4.78 is 6.68. The fourth-order valence-electron chi connectivity index (χ4n) is 8.34. The van der Waals surface area contributed by atoms with Crippen molar-refractivity contribution in [2.75, 3.05) is 4.90 Å². The van der Waals surface area contributed by atoms with Gasteiger partial charge in [-0.2, -0.15) is 0 Å². The van der Waals surface area contributed by atoms with E-state index in [9.17, 15) is 0 Å². The molecular formula is C53H34N2O. The van der Waals surface area contributed by atoms with Gasteiger partial charge in [0, 0.05) is 28.0 Å². The second-order valence-corrected chi connectivity index (χ2v) is 14.4. The lowest BCUT2D eigenvalue weighted by atomic mass is 9.92. The molecule has 0 unspecified atom stereocenters. The van der Waals surface area contributed by atoms with E-state index in [1.54, 1.807) is 0 Å². The van der Waals surface area contributed by atoms with Crippen molar-refractivity contribution in [1.29, 1.82) is 0 Å². The molecule has 0 saturated carbocycles. The summed E-state index contributed by atoms with van der Waals surface area (Å²) in [5.74, 6) is 0.621. The number of anilines is 3. The molecule has 0 atom stereocenters. The van der Waals surface area contributed by atoms with E-state index in [1.165, 1.54) is 43.8 Å². The van der Waals surface area contributed by atoms with Crippen LogP contribution in [-0.2, 0) is 0 Å². The minimum Gasteiger partial charge on any atom is -0.435 e. The van der Waals surface area contributed by atoms with Crippen LogP contribution in [0.1, 0.15) is 0 Å². The summed E-state index contributed by atoms with van der Waals surface area (Å²) in [6, 6.07) is 73.6. The summed E-state index contributed by atoms with van der Waals surface area (Å²) in [6.45, 7) is 0. The van der Waals surface area contributed by atoms with Gasteiger partial charge in [0.15, 0.2) is 5.58 Å². The van der Waals surface area contributed by atoms with Crippen LogP contribution in [0.3, 0.4) is 0 Å². The lowest BCUT2D eigenvalue weighted by molar-refractivity contribution is 0.623. The zero-order valence-electron chi connectivity index (χ0n) is 30.4. The SMILES string of the molecule is c1ccc(-c2ccc3c(ccc4cc(N(c5ccccc5)c5ccc6c(-c7ccccc7)cc7ccc8nc(-c9ccccc9)oc8c7c6c5)ccc43)c2)cc1. The van der Waals surface area contributed by atoms with Gasteiger partial charge in [0.25, 0.3) is 0 Å². The summed E-state index contributed by atoms with van der Waals surface area (Å²) >= 11 is 0. The quantitative estimate of drug-likeness (QED) is 0.161. The third-order valence-corrected chi connectivity index (χ3v) is 11.0. The van der Waals surface area contributed by atoms with Crippen molar-refractivity contribution in [2.24, 2.45) is 0 Å². The van der Waals surface area contributed by atoms with Crippen LogP contribution in [0.15, 0.2) is 211 Å². The van der Waals surface area contributed by atoms with Gasteiger partial charge >= 0.3 is 0 Å². The third-order valence-electron chi connectivity index (χ3n) is 11.0. The van der Waals surface area contributed by atoms with Crippen molar-refractivity contribution >= 4 is 71.3 Å². The summed E-state index contributed by atoms with van der Waals surface area (Å²) in [7, 11) is 0. The van der Waals surface area contributed by atoms with Crippen molar-refractivity contribution in [1.82, 2.24) is 4.98 Å². The normalized spacial score (nSPS) is 11.6. The first-order chi connectivity index (χ1) is 27.7. The van der Waals surface area contributed by atoms with Crippen LogP contribution >= 0.6 is 0 Å². The lowest BCUT2D eigenvalue weighted by Crippen LogP contribution is -2.09.